The summed E-state index contributed by atoms with van der Waals surface area (Å²) in [6, 6.07) is 8.09. The molecule has 4 nitrogen and oxygen atoms in total. The Morgan fingerprint density at radius 1 is 1.15 bits per heavy atom. The maximum Gasteiger partial charge on any atom is 0.205 e. The predicted molar refractivity (Wildman–Crippen MR) is 82.2 cm³/mol. The number of piperazine rings is 1. The predicted octanol–water partition coefficient (Wildman–Crippen LogP) is 2.40. The van der Waals surface area contributed by atoms with Crippen molar-refractivity contribution in [2.24, 2.45) is 7.05 Å². The van der Waals surface area contributed by atoms with E-state index < -0.39 is 0 Å². The van der Waals surface area contributed by atoms with Gasteiger partial charge < -0.3 is 9.47 Å². The Morgan fingerprint density at radius 3 is 2.55 bits per heavy atom. The zero-order chi connectivity index (χ0) is 13.9. The number of rotatable bonds is 3. The highest BCUT2D eigenvalue weighted by atomic mass is 35.5. The Hall–Kier alpha value is -1.52. The molecule has 106 valence electrons. The van der Waals surface area contributed by atoms with Crippen molar-refractivity contribution >= 4 is 17.5 Å². The van der Waals surface area contributed by atoms with Gasteiger partial charge in [-0.25, -0.2) is 4.98 Å². The first-order valence-electron chi connectivity index (χ1n) is 6.92. The van der Waals surface area contributed by atoms with Crippen LogP contribution in [0.4, 0.5) is 5.95 Å². The number of benzene rings is 1. The fourth-order valence-electron chi connectivity index (χ4n) is 2.64. The van der Waals surface area contributed by atoms with Crippen LogP contribution in [0.3, 0.4) is 0 Å². The maximum atomic E-state index is 6.22. The van der Waals surface area contributed by atoms with Crippen LogP contribution >= 0.6 is 11.6 Å². The van der Waals surface area contributed by atoms with Gasteiger partial charge in [0.15, 0.2) is 0 Å². The average molecular weight is 291 g/mol. The number of hydrogen-bond donors (Lipinski definition) is 0. The number of aryl methyl sites for hydroxylation is 1. The Morgan fingerprint density at radius 2 is 1.90 bits per heavy atom. The molecule has 0 radical (unpaired) electrons. The van der Waals surface area contributed by atoms with Gasteiger partial charge in [-0.15, -0.1) is 0 Å². The van der Waals surface area contributed by atoms with Crippen molar-refractivity contribution in [3.63, 3.8) is 0 Å². The first kappa shape index (κ1) is 13.5. The largest absolute Gasteiger partial charge is 0.340 e. The zero-order valence-electron chi connectivity index (χ0n) is 11.7. The van der Waals surface area contributed by atoms with E-state index in [9.17, 15) is 0 Å². The zero-order valence-corrected chi connectivity index (χ0v) is 12.4. The molecule has 2 heterocycles. The van der Waals surface area contributed by atoms with Crippen molar-refractivity contribution in [2.45, 2.75) is 6.54 Å². The van der Waals surface area contributed by atoms with Crippen LogP contribution in [0, 0.1) is 0 Å². The summed E-state index contributed by atoms with van der Waals surface area (Å²) in [6.07, 6.45) is 3.84. The molecule has 0 N–H and O–H groups in total. The van der Waals surface area contributed by atoms with Gasteiger partial charge >= 0.3 is 0 Å². The van der Waals surface area contributed by atoms with Crippen molar-refractivity contribution in [1.29, 1.82) is 0 Å². The topological polar surface area (TPSA) is 24.3 Å². The molecule has 0 bridgehead atoms. The summed E-state index contributed by atoms with van der Waals surface area (Å²) in [7, 11) is 2.04. The molecule has 0 amide bonds. The van der Waals surface area contributed by atoms with E-state index in [4.69, 9.17) is 11.6 Å². The van der Waals surface area contributed by atoms with Gasteiger partial charge in [-0.2, -0.15) is 0 Å². The van der Waals surface area contributed by atoms with E-state index in [1.165, 1.54) is 5.56 Å². The lowest BCUT2D eigenvalue weighted by atomic mass is 10.2. The van der Waals surface area contributed by atoms with Crippen molar-refractivity contribution in [3.8, 4) is 0 Å². The molecule has 1 aliphatic rings. The third kappa shape index (κ3) is 2.81. The summed E-state index contributed by atoms with van der Waals surface area (Å²) in [5.74, 6) is 1.06. The van der Waals surface area contributed by atoms with E-state index in [0.29, 0.717) is 0 Å². The summed E-state index contributed by atoms with van der Waals surface area (Å²) in [5, 5.41) is 0.860. The number of aromatic nitrogens is 2. The molecule has 0 spiro atoms. The smallest absolute Gasteiger partial charge is 0.205 e. The lowest BCUT2D eigenvalue weighted by Crippen LogP contribution is -2.46. The molecule has 1 saturated heterocycles. The molecular weight excluding hydrogens is 272 g/mol. The number of nitrogens with zero attached hydrogens (tertiary/aromatic N) is 4. The first-order valence-corrected chi connectivity index (χ1v) is 7.30. The number of imidazole rings is 1. The van der Waals surface area contributed by atoms with Gasteiger partial charge in [0.1, 0.15) is 0 Å². The lowest BCUT2D eigenvalue weighted by Gasteiger charge is -2.35. The minimum absolute atomic E-state index is 0.860. The molecule has 5 heteroatoms. The van der Waals surface area contributed by atoms with Crippen LogP contribution < -0.4 is 4.90 Å². The van der Waals surface area contributed by atoms with E-state index in [1.54, 1.807) is 0 Å². The lowest BCUT2D eigenvalue weighted by molar-refractivity contribution is 0.248. The third-order valence-electron chi connectivity index (χ3n) is 3.80. The fraction of sp³-hybridized carbons (Fsp3) is 0.400. The van der Waals surface area contributed by atoms with Crippen molar-refractivity contribution in [2.75, 3.05) is 31.1 Å². The minimum atomic E-state index is 0.860. The van der Waals surface area contributed by atoms with E-state index in [2.05, 4.69) is 25.4 Å². The van der Waals surface area contributed by atoms with E-state index >= 15 is 0 Å². The molecular formula is C15H19ClN4. The second kappa shape index (κ2) is 5.85. The fourth-order valence-corrected chi connectivity index (χ4v) is 2.83. The van der Waals surface area contributed by atoms with Crippen molar-refractivity contribution in [3.05, 3.63) is 47.2 Å². The van der Waals surface area contributed by atoms with E-state index in [1.807, 2.05) is 37.6 Å². The molecule has 1 aromatic carbocycles. The average Bonchev–Trinajstić information content (AvgIpc) is 2.89. The summed E-state index contributed by atoms with van der Waals surface area (Å²) in [4.78, 5) is 9.19. The highest BCUT2D eigenvalue weighted by Gasteiger charge is 2.19. The first-order chi connectivity index (χ1) is 9.74. The molecule has 3 rings (SSSR count). The van der Waals surface area contributed by atoms with Crippen LogP contribution in [0.2, 0.25) is 5.02 Å². The Balaban J connectivity index is 1.59. The van der Waals surface area contributed by atoms with Gasteiger partial charge in [0.2, 0.25) is 5.95 Å². The van der Waals surface area contributed by atoms with Gasteiger partial charge in [0.25, 0.3) is 0 Å². The van der Waals surface area contributed by atoms with Gasteiger partial charge in [0, 0.05) is 57.2 Å². The molecule has 1 aromatic heterocycles. The highest BCUT2D eigenvalue weighted by molar-refractivity contribution is 6.31. The quantitative estimate of drug-likeness (QED) is 0.867. The second-order valence-electron chi connectivity index (χ2n) is 5.19. The molecule has 1 aliphatic heterocycles. The monoisotopic (exact) mass is 290 g/mol. The van der Waals surface area contributed by atoms with Crippen molar-refractivity contribution < 1.29 is 0 Å². The summed E-state index contributed by atoms with van der Waals surface area (Å²) in [6.45, 7) is 5.02. The third-order valence-corrected chi connectivity index (χ3v) is 4.17. The van der Waals surface area contributed by atoms with Crippen LogP contribution in [0.25, 0.3) is 0 Å². The van der Waals surface area contributed by atoms with Gasteiger partial charge in [-0.3, -0.25) is 4.90 Å². The van der Waals surface area contributed by atoms with E-state index in [0.717, 1.165) is 43.7 Å². The Bertz CT molecular complexity index is 573. The number of halogens is 1. The van der Waals surface area contributed by atoms with Crippen LogP contribution in [0.1, 0.15) is 5.56 Å². The number of anilines is 1. The molecule has 0 aliphatic carbocycles. The summed E-state index contributed by atoms with van der Waals surface area (Å²) >= 11 is 6.22. The molecule has 0 unspecified atom stereocenters. The second-order valence-corrected chi connectivity index (χ2v) is 5.60. The molecule has 0 atom stereocenters. The standard InChI is InChI=1S/C15H19ClN4/c1-18-7-6-17-15(18)20-10-8-19(9-11-20)12-13-4-2-3-5-14(13)16/h2-7H,8-12H2,1H3. The number of hydrogen-bond acceptors (Lipinski definition) is 3. The normalized spacial score (nSPS) is 16.6. The van der Waals surface area contributed by atoms with Crippen LogP contribution in [-0.2, 0) is 13.6 Å². The van der Waals surface area contributed by atoms with Crippen LogP contribution in [-0.4, -0.2) is 40.6 Å². The van der Waals surface area contributed by atoms with Gasteiger partial charge in [0.05, 0.1) is 0 Å². The maximum absolute atomic E-state index is 6.22. The molecule has 1 fully saturated rings. The molecule has 0 saturated carbocycles. The molecule has 20 heavy (non-hydrogen) atoms. The summed E-state index contributed by atoms with van der Waals surface area (Å²) < 4.78 is 2.07. The SMILES string of the molecule is Cn1ccnc1N1CCN(Cc2ccccc2Cl)CC1. The van der Waals surface area contributed by atoms with Gasteiger partial charge in [-0.1, -0.05) is 29.8 Å². The van der Waals surface area contributed by atoms with Crippen LogP contribution in [0.15, 0.2) is 36.7 Å². The van der Waals surface area contributed by atoms with Crippen molar-refractivity contribution in [1.82, 2.24) is 14.5 Å². The van der Waals surface area contributed by atoms with E-state index in [-0.39, 0.29) is 0 Å². The molecule has 2 aromatic rings. The summed E-state index contributed by atoms with van der Waals surface area (Å²) in [5.41, 5.74) is 1.21. The minimum Gasteiger partial charge on any atom is -0.340 e. The van der Waals surface area contributed by atoms with Crippen LogP contribution in [0.5, 0.6) is 0 Å². The van der Waals surface area contributed by atoms with Gasteiger partial charge in [-0.05, 0) is 11.6 Å². The Kier molecular flexibility index (Phi) is 3.94. The highest BCUT2D eigenvalue weighted by Crippen LogP contribution is 2.19. The Labute approximate surface area is 124 Å².